The van der Waals surface area contributed by atoms with Gasteiger partial charge in [-0.05, 0) is 35.4 Å². The summed E-state index contributed by atoms with van der Waals surface area (Å²) < 4.78 is 29.0. The molecule has 13 heteroatoms. The highest BCUT2D eigenvalue weighted by Gasteiger charge is 2.18. The molecule has 4 N–H and O–H groups in total. The summed E-state index contributed by atoms with van der Waals surface area (Å²) >= 11 is 0. The first-order valence-electron chi connectivity index (χ1n) is 15.0. The summed E-state index contributed by atoms with van der Waals surface area (Å²) in [4.78, 5) is 36.9. The number of hydrogen-bond donors (Lipinski definition) is 4. The molecule has 0 aliphatic carbocycles. The lowest BCUT2D eigenvalue weighted by Crippen LogP contribution is -3.00. The molecule has 0 saturated carbocycles. The van der Waals surface area contributed by atoms with Crippen LogP contribution in [0.5, 0.6) is 0 Å². The maximum atomic E-state index is 11.3. The van der Waals surface area contributed by atoms with E-state index in [-0.39, 0.29) is 46.3 Å². The van der Waals surface area contributed by atoms with Gasteiger partial charge in [-0.15, -0.1) is 0 Å². The predicted octanol–water partition coefficient (Wildman–Crippen LogP) is -0.154. The van der Waals surface area contributed by atoms with E-state index in [1.165, 1.54) is 0 Å². The van der Waals surface area contributed by atoms with Crippen LogP contribution in [0.3, 0.4) is 0 Å². The van der Waals surface area contributed by atoms with Crippen LogP contribution < -0.4 is 43.1 Å². The zero-order valence-electron chi connectivity index (χ0n) is 26.2. The lowest BCUT2D eigenvalue weighted by atomic mass is 10.1. The number of aromatic nitrogens is 3. The minimum atomic E-state index is -4.10. The zero-order chi connectivity index (χ0) is 33.0. The van der Waals surface area contributed by atoms with Crippen molar-refractivity contribution in [3.05, 3.63) is 162 Å². The third-order valence-electron chi connectivity index (χ3n) is 7.82. The van der Waals surface area contributed by atoms with Crippen molar-refractivity contribution in [3.63, 3.8) is 0 Å². The topological polar surface area (TPSA) is 128 Å². The Bertz CT molecular complexity index is 1930. The number of para-hydroxylation sites is 1. The molecule has 0 amide bonds. The fourth-order valence-corrected chi connectivity index (χ4v) is 6.98. The largest absolute Gasteiger partial charge is 1.00 e. The quantitative estimate of drug-likeness (QED) is 0.106. The van der Waals surface area contributed by atoms with Gasteiger partial charge in [-0.2, -0.15) is 0 Å². The van der Waals surface area contributed by atoms with Gasteiger partial charge in [0.05, 0.1) is 23.7 Å². The molecule has 3 heterocycles. The average Bonchev–Trinajstić information content (AvgIpc) is 3.48. The Morgan fingerprint density at radius 2 is 0.816 bits per heavy atom. The van der Waals surface area contributed by atoms with E-state index >= 15 is 0 Å². The number of rotatable bonds is 11. The summed E-state index contributed by atoms with van der Waals surface area (Å²) in [6.45, 7) is 1.26. The molecule has 0 unspecified atom stereocenters. The maximum absolute atomic E-state index is 11.3. The van der Waals surface area contributed by atoms with Crippen molar-refractivity contribution in [1.82, 2.24) is 4.57 Å². The fourth-order valence-electron chi connectivity index (χ4n) is 5.61. The number of halogens is 2. The Labute approximate surface area is 306 Å². The van der Waals surface area contributed by atoms with Crippen molar-refractivity contribution in [2.75, 3.05) is 0 Å². The van der Waals surface area contributed by atoms with Gasteiger partial charge < -0.3 is 58.1 Å². The van der Waals surface area contributed by atoms with Gasteiger partial charge >= 0.3 is 15.2 Å². The Kier molecular flexibility index (Phi) is 12.9. The van der Waals surface area contributed by atoms with E-state index in [0.717, 1.165) is 39.3 Å². The second-order valence-corrected chi connectivity index (χ2v) is 14.9. The third kappa shape index (κ3) is 10.5. The average molecular weight is 827 g/mol. The van der Waals surface area contributed by atoms with Crippen LogP contribution in [0.25, 0.3) is 28.2 Å². The van der Waals surface area contributed by atoms with Crippen LogP contribution in [0.4, 0.5) is 0 Å². The molecule has 3 aromatic carbocycles. The molecular weight excluding hydrogens is 792 g/mol. The van der Waals surface area contributed by atoms with E-state index < -0.39 is 15.2 Å². The Balaban J connectivity index is 0.00000270. The summed E-state index contributed by atoms with van der Waals surface area (Å²) in [6.07, 6.45) is 7.61. The number of nitrogens with zero attached hydrogens (tertiary/aromatic N) is 3. The van der Waals surface area contributed by atoms with Gasteiger partial charge in [0.1, 0.15) is 0 Å². The molecule has 3 aromatic heterocycles. The molecule has 6 aromatic rings. The highest BCUT2D eigenvalue weighted by molar-refractivity contribution is 7.51. The maximum Gasteiger partial charge on any atom is 0.329 e. The number of benzene rings is 3. The van der Waals surface area contributed by atoms with Gasteiger partial charge in [-0.25, -0.2) is 9.13 Å². The molecule has 0 fully saturated rings. The normalized spacial score (nSPS) is 11.4. The first-order chi connectivity index (χ1) is 22.5. The molecule has 0 bridgehead atoms. The summed E-state index contributed by atoms with van der Waals surface area (Å²) in [6, 6.07) is 37.5. The standard InChI is InChI=1S/C36H33N3O6P2.2BrH/c40-46(41,42)26-30-10-6-28(7-11-30)24-37-20-16-32(17-21-37)35-14-15-36(39(35)34-4-2-1-3-5-34)33-18-22-38(23-19-33)25-29-8-12-31(13-9-29)27-47(43,44)45;;/h1-23H,24-27H2,(H2-2,40,41,42,43,44,45);2*1H. The van der Waals surface area contributed by atoms with Crippen LogP contribution >= 0.6 is 15.2 Å². The van der Waals surface area contributed by atoms with E-state index in [2.05, 4.69) is 62.2 Å². The van der Waals surface area contributed by atoms with Crippen molar-refractivity contribution in [1.29, 1.82) is 0 Å². The summed E-state index contributed by atoms with van der Waals surface area (Å²) in [5.74, 6) is 0. The van der Waals surface area contributed by atoms with Gasteiger partial charge in [-0.1, -0.05) is 66.7 Å². The van der Waals surface area contributed by atoms with E-state index in [1.807, 2.05) is 67.3 Å². The first kappa shape index (κ1) is 38.3. The fraction of sp³-hybridized carbons (Fsp3) is 0.111. The molecule has 6 rings (SSSR count). The lowest BCUT2D eigenvalue weighted by molar-refractivity contribution is -0.688. The number of hydrogen-bond acceptors (Lipinski definition) is 2. The van der Waals surface area contributed by atoms with Crippen LogP contribution in [0.15, 0.2) is 140 Å². The molecule has 0 saturated heterocycles. The SMILES string of the molecule is O=P(O)(O)Cc1ccc(C[n+]2ccc(-c3ccc(-c4cc[n+](Cc5ccc(CP(=O)(O)O)cc5)cc4)n3-c3ccccc3)cc2)cc1.[Br-].[Br-]. The van der Waals surface area contributed by atoms with E-state index in [1.54, 1.807) is 24.3 Å². The smallest absolute Gasteiger partial charge is 0.329 e. The summed E-state index contributed by atoms with van der Waals surface area (Å²) in [5, 5.41) is 0. The summed E-state index contributed by atoms with van der Waals surface area (Å²) in [5.41, 5.74) is 8.54. The minimum Gasteiger partial charge on any atom is -1.00 e. The van der Waals surface area contributed by atoms with E-state index in [4.69, 9.17) is 0 Å². The Hall–Kier alpha value is -3.50. The second-order valence-electron chi connectivity index (χ2n) is 11.6. The Morgan fingerprint density at radius 1 is 0.469 bits per heavy atom. The molecule has 49 heavy (non-hydrogen) atoms. The van der Waals surface area contributed by atoms with Gasteiger partial charge in [0.2, 0.25) is 0 Å². The van der Waals surface area contributed by atoms with Crippen LogP contribution in [-0.2, 0) is 34.5 Å². The monoisotopic (exact) mass is 825 g/mol. The predicted molar refractivity (Wildman–Crippen MR) is 180 cm³/mol. The molecule has 0 aliphatic rings. The zero-order valence-corrected chi connectivity index (χ0v) is 31.2. The van der Waals surface area contributed by atoms with Crippen molar-refractivity contribution < 1.29 is 71.8 Å². The van der Waals surface area contributed by atoms with Crippen molar-refractivity contribution >= 4 is 15.2 Å². The molecule has 0 spiro atoms. The van der Waals surface area contributed by atoms with Crippen LogP contribution in [-0.4, -0.2) is 24.1 Å². The second kappa shape index (κ2) is 16.5. The van der Waals surface area contributed by atoms with Crippen LogP contribution in [0.1, 0.15) is 22.3 Å². The highest BCUT2D eigenvalue weighted by atomic mass is 79.9. The van der Waals surface area contributed by atoms with E-state index in [9.17, 15) is 28.7 Å². The molecule has 0 aliphatic heterocycles. The van der Waals surface area contributed by atoms with Gasteiger partial charge in [0, 0.05) is 52.2 Å². The van der Waals surface area contributed by atoms with Crippen molar-refractivity contribution in [2.24, 2.45) is 0 Å². The molecular formula is C36H35Br2N3O6P2. The highest BCUT2D eigenvalue weighted by Crippen LogP contribution is 2.39. The molecule has 0 atom stereocenters. The van der Waals surface area contributed by atoms with Gasteiger partial charge in [0.25, 0.3) is 0 Å². The first-order valence-corrected chi connectivity index (χ1v) is 18.6. The number of pyridine rings is 2. The molecule has 0 radical (unpaired) electrons. The lowest BCUT2D eigenvalue weighted by Gasteiger charge is -2.14. The van der Waals surface area contributed by atoms with Crippen molar-refractivity contribution in [3.8, 4) is 28.2 Å². The minimum absolute atomic E-state index is 0. The van der Waals surface area contributed by atoms with Crippen molar-refractivity contribution in [2.45, 2.75) is 25.4 Å². The van der Waals surface area contributed by atoms with E-state index in [0.29, 0.717) is 24.2 Å². The Morgan fingerprint density at radius 3 is 1.16 bits per heavy atom. The van der Waals surface area contributed by atoms with Crippen LogP contribution in [0.2, 0.25) is 0 Å². The summed E-state index contributed by atoms with van der Waals surface area (Å²) in [7, 11) is -8.20. The van der Waals surface area contributed by atoms with Gasteiger partial charge in [0.15, 0.2) is 37.9 Å². The molecule has 254 valence electrons. The molecule has 9 nitrogen and oxygen atoms in total. The van der Waals surface area contributed by atoms with Crippen LogP contribution in [0, 0.1) is 0 Å². The van der Waals surface area contributed by atoms with Gasteiger partial charge in [-0.3, -0.25) is 9.13 Å². The third-order valence-corrected chi connectivity index (χ3v) is 9.38.